The summed E-state index contributed by atoms with van der Waals surface area (Å²) in [6, 6.07) is 15.4. The number of para-hydroxylation sites is 1. The summed E-state index contributed by atoms with van der Waals surface area (Å²) in [5.41, 5.74) is 2.28. The minimum atomic E-state index is -0.157. The molecule has 0 bridgehead atoms. The van der Waals surface area contributed by atoms with Crippen LogP contribution in [0.4, 0.5) is 0 Å². The van der Waals surface area contributed by atoms with Crippen molar-refractivity contribution in [1.29, 1.82) is 0 Å². The van der Waals surface area contributed by atoms with Gasteiger partial charge in [-0.1, -0.05) is 35.9 Å². The molecule has 0 spiro atoms. The van der Waals surface area contributed by atoms with Gasteiger partial charge in [-0.3, -0.25) is 4.79 Å². The van der Waals surface area contributed by atoms with E-state index in [1.165, 1.54) is 10.5 Å². The molecule has 2 atom stereocenters. The highest BCUT2D eigenvalue weighted by atomic mass is 35.5. The fourth-order valence-corrected chi connectivity index (χ4v) is 6.00. The zero-order valence-corrected chi connectivity index (χ0v) is 19.1. The van der Waals surface area contributed by atoms with Gasteiger partial charge in [-0.2, -0.15) is 5.10 Å². The Balaban J connectivity index is 1.44. The molecule has 4 nitrogen and oxygen atoms in total. The van der Waals surface area contributed by atoms with Gasteiger partial charge in [0.25, 0.3) is 5.91 Å². The van der Waals surface area contributed by atoms with Crippen LogP contribution in [-0.2, 0) is 4.79 Å². The van der Waals surface area contributed by atoms with E-state index in [9.17, 15) is 4.79 Å². The lowest BCUT2D eigenvalue weighted by Gasteiger charge is -2.28. The SMILES string of the molecule is O=C(COc1ccccc1Cl)N1N=C2/C(=C\c3cccs3)CCC[C@@H]2[C@H]1c1cccs1. The van der Waals surface area contributed by atoms with E-state index in [0.717, 1.165) is 29.9 Å². The van der Waals surface area contributed by atoms with Crippen LogP contribution < -0.4 is 4.74 Å². The van der Waals surface area contributed by atoms with Gasteiger partial charge in [0, 0.05) is 15.7 Å². The van der Waals surface area contributed by atoms with Gasteiger partial charge in [0.05, 0.1) is 16.8 Å². The van der Waals surface area contributed by atoms with Gasteiger partial charge in [0.15, 0.2) is 6.61 Å². The summed E-state index contributed by atoms with van der Waals surface area (Å²) in [4.78, 5) is 15.6. The molecule has 3 aromatic rings. The Labute approximate surface area is 194 Å². The molecule has 0 unspecified atom stereocenters. The monoisotopic (exact) mass is 468 g/mol. The molecule has 0 saturated heterocycles. The van der Waals surface area contributed by atoms with Crippen molar-refractivity contribution in [2.24, 2.45) is 11.0 Å². The van der Waals surface area contributed by atoms with Gasteiger partial charge in [-0.25, -0.2) is 5.01 Å². The molecule has 1 saturated carbocycles. The van der Waals surface area contributed by atoms with E-state index in [2.05, 4.69) is 35.0 Å². The molecule has 1 aliphatic heterocycles. The lowest BCUT2D eigenvalue weighted by atomic mass is 9.79. The van der Waals surface area contributed by atoms with E-state index < -0.39 is 0 Å². The number of rotatable bonds is 5. The van der Waals surface area contributed by atoms with Gasteiger partial charge < -0.3 is 4.74 Å². The molecular formula is C24H21ClN2O2S2. The second kappa shape index (κ2) is 8.99. The highest BCUT2D eigenvalue weighted by molar-refractivity contribution is 7.11. The van der Waals surface area contributed by atoms with Crippen LogP contribution in [0.2, 0.25) is 5.02 Å². The van der Waals surface area contributed by atoms with Crippen molar-refractivity contribution in [2.45, 2.75) is 25.3 Å². The van der Waals surface area contributed by atoms with Gasteiger partial charge in [0.2, 0.25) is 0 Å². The summed E-state index contributed by atoms with van der Waals surface area (Å²) < 4.78 is 5.74. The Hall–Kier alpha value is -2.41. The third-order valence-corrected chi connectivity index (χ3v) is 7.71. The average molecular weight is 469 g/mol. The van der Waals surface area contributed by atoms with Crippen LogP contribution >= 0.6 is 34.3 Å². The zero-order valence-electron chi connectivity index (χ0n) is 16.7. The highest BCUT2D eigenvalue weighted by Gasteiger charge is 2.44. The van der Waals surface area contributed by atoms with E-state index in [-0.39, 0.29) is 24.5 Å². The normalized spacial score (nSPS) is 21.8. The van der Waals surface area contributed by atoms with Crippen LogP contribution in [0.25, 0.3) is 6.08 Å². The third kappa shape index (κ3) is 4.20. The van der Waals surface area contributed by atoms with Crippen LogP contribution in [0.3, 0.4) is 0 Å². The Morgan fingerprint density at radius 2 is 2.00 bits per heavy atom. The first-order valence-electron chi connectivity index (χ1n) is 10.3. The Morgan fingerprint density at radius 3 is 2.77 bits per heavy atom. The molecular weight excluding hydrogens is 448 g/mol. The predicted octanol–water partition coefficient (Wildman–Crippen LogP) is 6.67. The quantitative estimate of drug-likeness (QED) is 0.419. The van der Waals surface area contributed by atoms with Gasteiger partial charge in [0.1, 0.15) is 5.75 Å². The third-order valence-electron chi connectivity index (χ3n) is 5.64. The number of amides is 1. The Bertz CT molecular complexity index is 1120. The smallest absolute Gasteiger partial charge is 0.281 e. The minimum absolute atomic E-state index is 0.0793. The zero-order chi connectivity index (χ0) is 21.2. The number of benzene rings is 1. The molecule has 2 aromatic heterocycles. The number of ether oxygens (including phenoxy) is 1. The van der Waals surface area contributed by atoms with E-state index in [1.807, 2.05) is 18.2 Å². The molecule has 1 amide bonds. The van der Waals surface area contributed by atoms with Crippen LogP contribution in [0.15, 0.2) is 70.0 Å². The molecule has 158 valence electrons. The van der Waals surface area contributed by atoms with E-state index in [1.54, 1.807) is 39.8 Å². The van der Waals surface area contributed by atoms with Crippen LogP contribution in [0.5, 0.6) is 5.75 Å². The molecule has 1 aliphatic carbocycles. The summed E-state index contributed by atoms with van der Waals surface area (Å²) in [6.45, 7) is -0.0981. The lowest BCUT2D eigenvalue weighted by molar-refractivity contribution is -0.135. The molecule has 2 aliphatic rings. The first kappa shape index (κ1) is 20.5. The van der Waals surface area contributed by atoms with Crippen molar-refractivity contribution in [1.82, 2.24) is 5.01 Å². The summed E-state index contributed by atoms with van der Waals surface area (Å²) >= 11 is 9.58. The number of carbonyl (C=O) groups excluding carboxylic acids is 1. The maximum atomic E-state index is 13.2. The second-order valence-electron chi connectivity index (χ2n) is 7.59. The molecule has 7 heteroatoms. The lowest BCUT2D eigenvalue weighted by Crippen LogP contribution is -2.34. The number of carbonyl (C=O) groups is 1. The summed E-state index contributed by atoms with van der Waals surface area (Å²) in [5.74, 6) is 0.561. The average Bonchev–Trinajstić information content (AvgIpc) is 3.53. The molecule has 0 radical (unpaired) electrons. The standard InChI is InChI=1S/C24H21ClN2O2S2/c25-19-9-1-2-10-20(19)29-15-22(28)27-24(21-11-5-13-31-21)18-8-3-6-16(23(18)26-27)14-17-7-4-12-30-17/h1-2,4-5,7,9-14,18,24H,3,6,8,15H2/b16-14-/t18-,24-/m0/s1. The van der Waals surface area contributed by atoms with Crippen molar-refractivity contribution in [3.05, 3.63) is 79.6 Å². The Morgan fingerprint density at radius 1 is 1.16 bits per heavy atom. The maximum absolute atomic E-state index is 13.2. The van der Waals surface area contributed by atoms with Crippen LogP contribution in [0, 0.1) is 5.92 Å². The summed E-state index contributed by atoms with van der Waals surface area (Å²) in [7, 11) is 0. The molecule has 31 heavy (non-hydrogen) atoms. The number of hydrogen-bond acceptors (Lipinski definition) is 5. The fraction of sp³-hybridized carbons (Fsp3) is 0.250. The van der Waals surface area contributed by atoms with E-state index in [4.69, 9.17) is 21.4 Å². The van der Waals surface area contributed by atoms with Crippen LogP contribution in [0.1, 0.15) is 35.1 Å². The van der Waals surface area contributed by atoms with Crippen molar-refractivity contribution in [3.8, 4) is 5.75 Å². The number of thiophene rings is 2. The van der Waals surface area contributed by atoms with Gasteiger partial charge in [-0.15, -0.1) is 22.7 Å². The van der Waals surface area contributed by atoms with Gasteiger partial charge in [-0.05, 0) is 65.9 Å². The van der Waals surface area contributed by atoms with Crippen molar-refractivity contribution < 1.29 is 9.53 Å². The first-order valence-corrected chi connectivity index (χ1v) is 12.4. The van der Waals surface area contributed by atoms with E-state index in [0.29, 0.717) is 10.8 Å². The summed E-state index contributed by atoms with van der Waals surface area (Å²) in [6.07, 6.45) is 5.34. The maximum Gasteiger partial charge on any atom is 0.281 e. The number of hydrazone groups is 1. The first-order chi connectivity index (χ1) is 15.2. The number of halogens is 1. The van der Waals surface area contributed by atoms with Gasteiger partial charge >= 0.3 is 0 Å². The Kier molecular flexibility index (Phi) is 5.94. The van der Waals surface area contributed by atoms with Crippen molar-refractivity contribution >= 4 is 52.0 Å². The molecule has 1 fully saturated rings. The number of fused-ring (bicyclic) bond motifs is 1. The largest absolute Gasteiger partial charge is 0.482 e. The topological polar surface area (TPSA) is 41.9 Å². The number of hydrogen-bond donors (Lipinski definition) is 0. The number of nitrogens with zero attached hydrogens (tertiary/aromatic N) is 2. The van der Waals surface area contributed by atoms with Crippen LogP contribution in [-0.4, -0.2) is 23.2 Å². The predicted molar refractivity (Wildman–Crippen MR) is 128 cm³/mol. The molecule has 0 N–H and O–H groups in total. The molecule has 3 heterocycles. The molecule has 5 rings (SSSR count). The van der Waals surface area contributed by atoms with E-state index >= 15 is 0 Å². The highest BCUT2D eigenvalue weighted by Crippen LogP contribution is 2.45. The fourth-order valence-electron chi connectivity index (χ4n) is 4.26. The molecule has 1 aromatic carbocycles. The summed E-state index contributed by atoms with van der Waals surface area (Å²) in [5, 5.41) is 11.2. The van der Waals surface area contributed by atoms with Crippen molar-refractivity contribution in [3.63, 3.8) is 0 Å². The van der Waals surface area contributed by atoms with Crippen molar-refractivity contribution in [2.75, 3.05) is 6.61 Å². The second-order valence-corrected chi connectivity index (χ2v) is 9.95. The minimum Gasteiger partial charge on any atom is -0.482 e. The number of allylic oxidation sites excluding steroid dienone is 1.